The maximum Gasteiger partial charge on any atom is 0.271 e. The molecular weight excluding hydrogens is 390 g/mol. The molecule has 1 N–H and O–H groups in total. The number of nitrogens with zero attached hydrogens (tertiary/aromatic N) is 2. The van der Waals surface area contributed by atoms with Crippen molar-refractivity contribution in [2.75, 3.05) is 6.54 Å². The van der Waals surface area contributed by atoms with E-state index in [4.69, 9.17) is 4.42 Å². The van der Waals surface area contributed by atoms with Crippen molar-refractivity contribution in [2.45, 2.75) is 63.6 Å². The highest BCUT2D eigenvalue weighted by molar-refractivity contribution is 6.02. The van der Waals surface area contributed by atoms with Crippen LogP contribution in [0.3, 0.4) is 0 Å². The quantitative estimate of drug-likeness (QED) is 0.676. The molecule has 0 saturated heterocycles. The Morgan fingerprint density at radius 3 is 2.71 bits per heavy atom. The van der Waals surface area contributed by atoms with E-state index in [0.717, 1.165) is 36.8 Å². The number of amides is 2. The molecule has 3 aromatic rings. The van der Waals surface area contributed by atoms with Gasteiger partial charge in [-0.1, -0.05) is 49.6 Å². The summed E-state index contributed by atoms with van der Waals surface area (Å²) >= 11 is 0. The molecule has 2 aromatic heterocycles. The van der Waals surface area contributed by atoms with Gasteiger partial charge in [0.15, 0.2) is 5.58 Å². The van der Waals surface area contributed by atoms with Crippen molar-refractivity contribution in [3.63, 3.8) is 0 Å². The first kappa shape index (κ1) is 19.9. The van der Waals surface area contributed by atoms with E-state index in [1.54, 1.807) is 17.2 Å². The Hall–Kier alpha value is -3.02. The lowest BCUT2D eigenvalue weighted by molar-refractivity contribution is -0.133. The maximum atomic E-state index is 13.6. The van der Waals surface area contributed by atoms with Crippen molar-refractivity contribution in [2.24, 2.45) is 0 Å². The lowest BCUT2D eigenvalue weighted by atomic mass is 9.91. The molecule has 6 nitrogen and oxygen atoms in total. The summed E-state index contributed by atoms with van der Waals surface area (Å²) in [6.45, 7) is 2.82. The Morgan fingerprint density at radius 1 is 1.16 bits per heavy atom. The molecule has 0 bridgehead atoms. The predicted molar refractivity (Wildman–Crippen MR) is 119 cm³/mol. The summed E-state index contributed by atoms with van der Waals surface area (Å²) in [5.74, 6) is -0.174. The van der Waals surface area contributed by atoms with Gasteiger partial charge in [-0.25, -0.2) is 0 Å². The van der Waals surface area contributed by atoms with Crippen molar-refractivity contribution < 1.29 is 14.0 Å². The zero-order valence-electron chi connectivity index (χ0n) is 18.0. The van der Waals surface area contributed by atoms with Crippen LogP contribution in [0.25, 0.3) is 11.1 Å². The van der Waals surface area contributed by atoms with Crippen LogP contribution < -0.4 is 5.32 Å². The lowest BCUT2D eigenvalue weighted by Crippen LogP contribution is -2.65. The number of rotatable bonds is 5. The number of furan rings is 1. The van der Waals surface area contributed by atoms with Crippen LogP contribution in [-0.4, -0.2) is 39.4 Å². The fraction of sp³-hybridized carbons (Fsp3) is 0.440. The molecule has 0 radical (unpaired) electrons. The number of carbonyl (C=O) groups excluding carboxylic acids is 2. The highest BCUT2D eigenvalue weighted by Crippen LogP contribution is 2.33. The van der Waals surface area contributed by atoms with Gasteiger partial charge in [-0.3, -0.25) is 9.59 Å². The van der Waals surface area contributed by atoms with E-state index >= 15 is 0 Å². The molecule has 6 heteroatoms. The van der Waals surface area contributed by atoms with Crippen LogP contribution in [0.5, 0.6) is 0 Å². The second-order valence-corrected chi connectivity index (χ2v) is 9.06. The Labute approximate surface area is 182 Å². The number of aromatic nitrogens is 1. The fourth-order valence-corrected chi connectivity index (χ4v) is 5.10. The number of carbonyl (C=O) groups is 2. The summed E-state index contributed by atoms with van der Waals surface area (Å²) < 4.78 is 7.49. The standard InChI is InChI=1S/C25H29N3O3/c1-25(24(30)26-19-10-6-3-7-11-19)17-27-20-13-15-31-22(20)16-21(27)23(29)28(25)14-12-18-8-4-2-5-9-18/h2,4-5,8-9,13,15-16,19H,3,6-7,10-12,14,17H2,1H3,(H,26,30). The molecule has 3 heterocycles. The highest BCUT2D eigenvalue weighted by Gasteiger charge is 2.48. The Bertz CT molecular complexity index is 1090. The lowest BCUT2D eigenvalue weighted by Gasteiger charge is -2.44. The van der Waals surface area contributed by atoms with Gasteiger partial charge in [0.2, 0.25) is 5.91 Å². The SMILES string of the molecule is CC1(C(=O)NC2CCCCC2)Cn2c(cc3occc32)C(=O)N1CCc1ccccc1. The first-order chi connectivity index (χ1) is 15.1. The summed E-state index contributed by atoms with van der Waals surface area (Å²) in [4.78, 5) is 29.0. The molecule has 1 aliphatic heterocycles. The van der Waals surface area contributed by atoms with Crippen molar-refractivity contribution in [3.8, 4) is 0 Å². The number of fused-ring (bicyclic) bond motifs is 3. The smallest absolute Gasteiger partial charge is 0.271 e. The van der Waals surface area contributed by atoms with Crippen LogP contribution >= 0.6 is 0 Å². The van der Waals surface area contributed by atoms with Gasteiger partial charge >= 0.3 is 0 Å². The largest absolute Gasteiger partial charge is 0.463 e. The van der Waals surface area contributed by atoms with Gasteiger partial charge < -0.3 is 19.2 Å². The van der Waals surface area contributed by atoms with E-state index in [-0.39, 0.29) is 17.9 Å². The van der Waals surface area contributed by atoms with Crippen LogP contribution in [0.1, 0.15) is 55.1 Å². The van der Waals surface area contributed by atoms with Crippen molar-refractivity contribution in [1.29, 1.82) is 0 Å². The molecule has 5 rings (SSSR count). The monoisotopic (exact) mass is 419 g/mol. The van der Waals surface area contributed by atoms with Gasteiger partial charge in [0.05, 0.1) is 18.3 Å². The van der Waals surface area contributed by atoms with Gasteiger partial charge in [0, 0.05) is 24.7 Å². The molecule has 1 aliphatic carbocycles. The van der Waals surface area contributed by atoms with Crippen LogP contribution in [0, 0.1) is 0 Å². The molecule has 1 aromatic carbocycles. The molecule has 162 valence electrons. The highest BCUT2D eigenvalue weighted by atomic mass is 16.3. The molecule has 1 atom stereocenters. The van der Waals surface area contributed by atoms with Crippen molar-refractivity contribution in [3.05, 3.63) is 60.0 Å². The Balaban J connectivity index is 1.47. The third-order valence-electron chi connectivity index (χ3n) is 6.95. The Kier molecular flexibility index (Phi) is 5.08. The first-order valence-electron chi connectivity index (χ1n) is 11.3. The normalized spacial score (nSPS) is 22.0. The van der Waals surface area contributed by atoms with Gasteiger partial charge in [-0.2, -0.15) is 0 Å². The molecule has 2 amide bonds. The molecule has 2 aliphatic rings. The molecule has 0 spiro atoms. The minimum atomic E-state index is -0.959. The Morgan fingerprint density at radius 2 is 1.94 bits per heavy atom. The summed E-state index contributed by atoms with van der Waals surface area (Å²) in [5.41, 5.74) is 2.33. The van der Waals surface area contributed by atoms with Gasteiger partial charge in [-0.05, 0) is 31.7 Å². The van der Waals surface area contributed by atoms with Crippen LogP contribution in [0.2, 0.25) is 0 Å². The average Bonchev–Trinajstić information content (AvgIpc) is 3.37. The van der Waals surface area contributed by atoms with E-state index < -0.39 is 5.54 Å². The van der Waals surface area contributed by atoms with Crippen molar-refractivity contribution >= 4 is 22.9 Å². The van der Waals surface area contributed by atoms with Crippen LogP contribution in [0.15, 0.2) is 53.1 Å². The summed E-state index contributed by atoms with van der Waals surface area (Å²) in [6, 6.07) is 14.0. The van der Waals surface area contributed by atoms with Crippen LogP contribution in [0.4, 0.5) is 0 Å². The number of benzene rings is 1. The topological polar surface area (TPSA) is 67.5 Å². The molecule has 1 unspecified atom stereocenters. The fourth-order valence-electron chi connectivity index (χ4n) is 5.10. The predicted octanol–water partition coefficient (Wildman–Crippen LogP) is 4.14. The van der Waals surface area contributed by atoms with Crippen molar-refractivity contribution in [1.82, 2.24) is 14.8 Å². The molecule has 1 fully saturated rings. The second kappa shape index (κ2) is 7.91. The second-order valence-electron chi connectivity index (χ2n) is 9.06. The third kappa shape index (κ3) is 3.54. The van der Waals surface area contributed by atoms with Gasteiger partial charge in [0.25, 0.3) is 5.91 Å². The van der Waals surface area contributed by atoms with Crippen LogP contribution in [-0.2, 0) is 17.8 Å². The summed E-state index contributed by atoms with van der Waals surface area (Å²) in [7, 11) is 0. The molecular formula is C25H29N3O3. The van der Waals surface area contributed by atoms with E-state index in [1.807, 2.05) is 35.8 Å². The van der Waals surface area contributed by atoms with E-state index in [2.05, 4.69) is 17.4 Å². The number of hydrogen-bond donors (Lipinski definition) is 1. The zero-order chi connectivity index (χ0) is 21.4. The zero-order valence-corrected chi connectivity index (χ0v) is 18.0. The first-order valence-corrected chi connectivity index (χ1v) is 11.3. The average molecular weight is 420 g/mol. The maximum absolute atomic E-state index is 13.6. The molecule has 31 heavy (non-hydrogen) atoms. The van der Waals surface area contributed by atoms with Gasteiger partial charge in [0.1, 0.15) is 11.2 Å². The molecule has 1 saturated carbocycles. The summed E-state index contributed by atoms with van der Waals surface area (Å²) in [5, 5.41) is 3.27. The van der Waals surface area contributed by atoms with E-state index in [9.17, 15) is 9.59 Å². The van der Waals surface area contributed by atoms with Gasteiger partial charge in [-0.15, -0.1) is 0 Å². The number of nitrogens with one attached hydrogen (secondary N) is 1. The third-order valence-corrected chi connectivity index (χ3v) is 6.95. The minimum absolute atomic E-state index is 0.0585. The van der Waals surface area contributed by atoms with E-state index in [1.165, 1.54) is 6.42 Å². The number of hydrogen-bond acceptors (Lipinski definition) is 3. The van der Waals surface area contributed by atoms with E-state index in [0.29, 0.717) is 30.8 Å². The summed E-state index contributed by atoms with van der Waals surface area (Å²) in [6.07, 6.45) is 7.89. The minimum Gasteiger partial charge on any atom is -0.463 e.